The van der Waals surface area contributed by atoms with Crippen LogP contribution in [0.3, 0.4) is 0 Å². The maximum Gasteiger partial charge on any atom is 0.145 e. The van der Waals surface area contributed by atoms with Crippen molar-refractivity contribution in [2.75, 3.05) is 5.32 Å². The van der Waals surface area contributed by atoms with Crippen molar-refractivity contribution in [2.45, 2.75) is 19.0 Å². The van der Waals surface area contributed by atoms with Crippen molar-refractivity contribution in [2.24, 2.45) is 4.99 Å². The zero-order chi connectivity index (χ0) is 31.6. The van der Waals surface area contributed by atoms with Gasteiger partial charge in [0.05, 0.1) is 16.7 Å². The van der Waals surface area contributed by atoms with Gasteiger partial charge < -0.3 is 14.3 Å². The first-order valence-electron chi connectivity index (χ1n) is 16.6. The van der Waals surface area contributed by atoms with Gasteiger partial charge in [-0.1, -0.05) is 115 Å². The molecule has 0 amide bonds. The molecule has 1 atom stereocenters. The third-order valence-electron chi connectivity index (χ3n) is 9.90. The fourth-order valence-electron chi connectivity index (χ4n) is 7.70. The van der Waals surface area contributed by atoms with E-state index >= 15 is 0 Å². The van der Waals surface area contributed by atoms with Gasteiger partial charge in [0.15, 0.2) is 0 Å². The highest BCUT2D eigenvalue weighted by atomic mass is 16.3. The van der Waals surface area contributed by atoms with Crippen LogP contribution in [0.1, 0.15) is 28.9 Å². The second-order valence-corrected chi connectivity index (χ2v) is 12.7. The monoisotopic (exact) mass is 617 g/mol. The average Bonchev–Trinajstić information content (AvgIpc) is 3.70. The van der Waals surface area contributed by atoms with Crippen LogP contribution in [0.5, 0.6) is 0 Å². The van der Waals surface area contributed by atoms with E-state index in [4.69, 9.17) is 9.41 Å². The van der Waals surface area contributed by atoms with E-state index in [1.54, 1.807) is 0 Å². The van der Waals surface area contributed by atoms with E-state index in [-0.39, 0.29) is 6.17 Å². The number of anilines is 1. The molecule has 4 nitrogen and oxygen atoms in total. The minimum atomic E-state index is -0.236. The summed E-state index contributed by atoms with van der Waals surface area (Å²) in [6.07, 6.45) is 3.90. The number of allylic oxidation sites excluding steroid dienone is 1. The molecule has 48 heavy (non-hydrogen) atoms. The van der Waals surface area contributed by atoms with Crippen molar-refractivity contribution in [3.8, 4) is 16.8 Å². The lowest BCUT2D eigenvalue weighted by Gasteiger charge is -2.29. The number of nitrogens with zero attached hydrogens (tertiary/aromatic N) is 2. The van der Waals surface area contributed by atoms with Gasteiger partial charge in [0, 0.05) is 62.3 Å². The van der Waals surface area contributed by atoms with Crippen molar-refractivity contribution in [3.05, 3.63) is 174 Å². The number of para-hydroxylation sites is 3. The lowest BCUT2D eigenvalue weighted by molar-refractivity contribution is 0.544. The zero-order valence-corrected chi connectivity index (χ0v) is 26.2. The molecule has 0 saturated carbocycles. The molecule has 1 aliphatic heterocycles. The molecular formula is C44H31N3O. The van der Waals surface area contributed by atoms with Crippen LogP contribution in [-0.2, 0) is 6.42 Å². The molecule has 0 bridgehead atoms. The van der Waals surface area contributed by atoms with Gasteiger partial charge in [-0.25, -0.2) is 0 Å². The van der Waals surface area contributed by atoms with E-state index in [1.807, 2.05) is 0 Å². The smallest absolute Gasteiger partial charge is 0.145 e. The Morgan fingerprint density at radius 2 is 1.29 bits per heavy atom. The normalized spacial score (nSPS) is 15.5. The topological polar surface area (TPSA) is 42.5 Å². The van der Waals surface area contributed by atoms with Crippen LogP contribution in [-0.4, -0.2) is 16.4 Å². The summed E-state index contributed by atoms with van der Waals surface area (Å²) in [5, 5.41) is 7.41. The SMILES string of the molecule is C1=C(C2N=C(c3ccc(-c4ccccc4)cc3)c3ccccc3N2)c2c(oc3cc(-n4c5ccccc5c5ccccc54)ccc23)CC1. The third-order valence-corrected chi connectivity index (χ3v) is 9.90. The average molecular weight is 618 g/mol. The van der Waals surface area contributed by atoms with E-state index < -0.39 is 0 Å². The van der Waals surface area contributed by atoms with Gasteiger partial charge in [-0.3, -0.25) is 4.99 Å². The quantitative estimate of drug-likeness (QED) is 0.213. The molecular weight excluding hydrogens is 587 g/mol. The Kier molecular flexibility index (Phi) is 6.03. The van der Waals surface area contributed by atoms with Crippen LogP contribution in [0, 0.1) is 0 Å². The van der Waals surface area contributed by atoms with Crippen LogP contribution in [0.4, 0.5) is 5.69 Å². The van der Waals surface area contributed by atoms with E-state index in [0.717, 1.165) is 57.8 Å². The lowest BCUT2D eigenvalue weighted by Crippen LogP contribution is -2.28. The summed E-state index contributed by atoms with van der Waals surface area (Å²) >= 11 is 0. The first-order chi connectivity index (χ1) is 23.8. The third kappa shape index (κ3) is 4.19. The molecule has 0 radical (unpaired) electrons. The predicted molar refractivity (Wildman–Crippen MR) is 198 cm³/mol. The molecule has 8 aromatic rings. The Balaban J connectivity index is 1.07. The number of aromatic nitrogens is 1. The molecule has 0 spiro atoms. The second-order valence-electron chi connectivity index (χ2n) is 12.7. The van der Waals surface area contributed by atoms with Crippen LogP contribution < -0.4 is 5.32 Å². The van der Waals surface area contributed by atoms with E-state index in [9.17, 15) is 0 Å². The summed E-state index contributed by atoms with van der Waals surface area (Å²) in [6, 6.07) is 51.7. The number of aryl methyl sites for hydroxylation is 1. The molecule has 3 heterocycles. The number of hydrogen-bond donors (Lipinski definition) is 1. The molecule has 10 rings (SSSR count). The first-order valence-corrected chi connectivity index (χ1v) is 16.6. The Bertz CT molecular complexity index is 2530. The van der Waals surface area contributed by atoms with Crippen molar-refractivity contribution < 1.29 is 4.42 Å². The molecule has 1 unspecified atom stereocenters. The van der Waals surface area contributed by atoms with Crippen LogP contribution in [0.2, 0.25) is 0 Å². The van der Waals surface area contributed by atoms with Gasteiger partial charge >= 0.3 is 0 Å². The van der Waals surface area contributed by atoms with Crippen LogP contribution >= 0.6 is 0 Å². The summed E-state index contributed by atoms with van der Waals surface area (Å²) in [5.41, 5.74) is 13.5. The van der Waals surface area contributed by atoms with Crippen molar-refractivity contribution in [1.82, 2.24) is 4.57 Å². The fraction of sp³-hybridized carbons (Fsp3) is 0.0682. The molecule has 2 aliphatic rings. The standard InChI is InChI=1S/C44H31N3O/c1-2-11-28(12-3-1)29-21-23-30(24-22-29)43-34-15-4-7-17-37(34)45-44(46-43)36-16-10-20-40-42(36)35-26-25-31(27-41(35)48-40)47-38-18-8-5-13-32(38)33-14-6-9-19-39(33)47/h1-9,11-19,21-27,44-45H,10,20H2. The molecule has 228 valence electrons. The number of hydrogen-bond acceptors (Lipinski definition) is 3. The molecule has 0 fully saturated rings. The summed E-state index contributed by atoms with van der Waals surface area (Å²) < 4.78 is 9.03. The lowest BCUT2D eigenvalue weighted by atomic mass is 9.90. The second kappa shape index (κ2) is 10.7. The molecule has 6 aromatic carbocycles. The Labute approximate surface area is 278 Å². The molecule has 1 N–H and O–H groups in total. The molecule has 0 saturated heterocycles. The Morgan fingerprint density at radius 1 is 0.625 bits per heavy atom. The van der Waals surface area contributed by atoms with E-state index in [2.05, 4.69) is 162 Å². The maximum absolute atomic E-state index is 6.68. The van der Waals surface area contributed by atoms with E-state index in [1.165, 1.54) is 44.1 Å². The summed E-state index contributed by atoms with van der Waals surface area (Å²) in [4.78, 5) is 5.42. The first kappa shape index (κ1) is 27.0. The summed E-state index contributed by atoms with van der Waals surface area (Å²) in [5.74, 6) is 1.03. The largest absolute Gasteiger partial charge is 0.460 e. The van der Waals surface area contributed by atoms with Crippen molar-refractivity contribution in [1.29, 1.82) is 0 Å². The Morgan fingerprint density at radius 3 is 2.08 bits per heavy atom. The number of aliphatic imine (C=N–C) groups is 1. The van der Waals surface area contributed by atoms with Gasteiger partial charge in [0.2, 0.25) is 0 Å². The molecule has 4 heteroatoms. The number of fused-ring (bicyclic) bond motifs is 7. The highest BCUT2D eigenvalue weighted by Gasteiger charge is 2.30. The highest BCUT2D eigenvalue weighted by Crippen LogP contribution is 2.42. The van der Waals surface area contributed by atoms with E-state index in [0.29, 0.717) is 0 Å². The number of nitrogens with one attached hydrogen (secondary N) is 1. The van der Waals surface area contributed by atoms with Gasteiger partial charge in [-0.2, -0.15) is 0 Å². The fourth-order valence-corrected chi connectivity index (χ4v) is 7.70. The van der Waals surface area contributed by atoms with Gasteiger partial charge in [-0.15, -0.1) is 0 Å². The molecule has 1 aliphatic carbocycles. The highest BCUT2D eigenvalue weighted by molar-refractivity contribution is 6.18. The van der Waals surface area contributed by atoms with Crippen molar-refractivity contribution >= 4 is 49.7 Å². The summed E-state index contributed by atoms with van der Waals surface area (Å²) in [6.45, 7) is 0. The van der Waals surface area contributed by atoms with Crippen LogP contribution in [0.15, 0.2) is 161 Å². The maximum atomic E-state index is 6.68. The minimum absolute atomic E-state index is 0.236. The molecule has 2 aromatic heterocycles. The van der Waals surface area contributed by atoms with Gasteiger partial charge in [0.25, 0.3) is 0 Å². The van der Waals surface area contributed by atoms with Gasteiger partial charge in [-0.05, 0) is 47.9 Å². The number of benzene rings is 6. The van der Waals surface area contributed by atoms with Crippen LogP contribution in [0.25, 0.3) is 55.2 Å². The zero-order valence-electron chi connectivity index (χ0n) is 26.2. The Hall–Kier alpha value is -6.13. The predicted octanol–water partition coefficient (Wildman–Crippen LogP) is 10.8. The summed E-state index contributed by atoms with van der Waals surface area (Å²) in [7, 11) is 0. The number of furan rings is 1. The van der Waals surface area contributed by atoms with Gasteiger partial charge in [0.1, 0.15) is 17.5 Å². The van der Waals surface area contributed by atoms with Crippen molar-refractivity contribution in [3.63, 3.8) is 0 Å². The minimum Gasteiger partial charge on any atom is -0.460 e. The number of rotatable bonds is 4.